The lowest BCUT2D eigenvalue weighted by Crippen LogP contribution is -2.45. The fourth-order valence-electron chi connectivity index (χ4n) is 3.16. The molecule has 2 saturated heterocycles. The van der Waals surface area contributed by atoms with Crippen LogP contribution in [0.3, 0.4) is 0 Å². The maximum absolute atomic E-state index is 12.4. The zero-order valence-corrected chi connectivity index (χ0v) is 12.2. The first-order valence-corrected chi connectivity index (χ1v) is 7.60. The van der Waals surface area contributed by atoms with Gasteiger partial charge in [-0.1, -0.05) is 12.1 Å². The van der Waals surface area contributed by atoms with Crippen molar-refractivity contribution in [2.24, 2.45) is 0 Å². The summed E-state index contributed by atoms with van der Waals surface area (Å²) in [5.41, 5.74) is 0.870. The van der Waals surface area contributed by atoms with Crippen LogP contribution in [0, 0.1) is 0 Å². The molecule has 2 aliphatic rings. The van der Waals surface area contributed by atoms with Crippen molar-refractivity contribution in [1.82, 2.24) is 9.80 Å². The Labute approximate surface area is 125 Å². The number of hydrogen-bond donors (Lipinski definition) is 1. The van der Waals surface area contributed by atoms with E-state index in [1.807, 2.05) is 11.0 Å². The van der Waals surface area contributed by atoms with Crippen LogP contribution in [0.2, 0.25) is 0 Å². The minimum Gasteiger partial charge on any atom is -0.508 e. The van der Waals surface area contributed by atoms with Gasteiger partial charge in [-0.3, -0.25) is 9.69 Å². The second-order valence-electron chi connectivity index (χ2n) is 5.78. The fraction of sp³-hybridized carbons (Fsp3) is 0.562. The second-order valence-corrected chi connectivity index (χ2v) is 5.78. The first-order chi connectivity index (χ1) is 10.2. The molecule has 1 N–H and O–H groups in total. The van der Waals surface area contributed by atoms with E-state index in [1.54, 1.807) is 18.2 Å². The van der Waals surface area contributed by atoms with E-state index in [-0.39, 0.29) is 11.7 Å². The third-order valence-electron chi connectivity index (χ3n) is 4.34. The minimum atomic E-state index is 0.149. The topological polar surface area (TPSA) is 53.0 Å². The van der Waals surface area contributed by atoms with Gasteiger partial charge in [0, 0.05) is 32.2 Å². The quantitative estimate of drug-likeness (QED) is 0.897. The number of morpholine rings is 1. The van der Waals surface area contributed by atoms with Crippen molar-refractivity contribution in [2.45, 2.75) is 18.9 Å². The number of phenolic OH excluding ortho intramolecular Hbond substituents is 1. The van der Waals surface area contributed by atoms with Gasteiger partial charge in [-0.05, 0) is 24.1 Å². The Morgan fingerprint density at radius 3 is 2.86 bits per heavy atom. The van der Waals surface area contributed by atoms with E-state index >= 15 is 0 Å². The number of ether oxygens (including phenoxy) is 1. The first-order valence-electron chi connectivity index (χ1n) is 7.60. The molecular weight excluding hydrogens is 268 g/mol. The summed E-state index contributed by atoms with van der Waals surface area (Å²) in [6.45, 7) is 5.19. The lowest BCUT2D eigenvalue weighted by Gasteiger charge is -2.32. The zero-order chi connectivity index (χ0) is 14.7. The molecule has 5 heteroatoms. The van der Waals surface area contributed by atoms with Crippen molar-refractivity contribution in [3.8, 4) is 5.75 Å². The summed E-state index contributed by atoms with van der Waals surface area (Å²) in [5, 5.41) is 9.46. The summed E-state index contributed by atoms with van der Waals surface area (Å²) in [7, 11) is 0. The summed E-state index contributed by atoms with van der Waals surface area (Å²) in [5.74, 6) is 0.365. The molecule has 0 saturated carbocycles. The molecule has 1 unspecified atom stereocenters. The normalized spacial score (nSPS) is 23.4. The van der Waals surface area contributed by atoms with Crippen molar-refractivity contribution in [3.63, 3.8) is 0 Å². The molecule has 0 bridgehead atoms. The van der Waals surface area contributed by atoms with Crippen LogP contribution in [0.25, 0.3) is 0 Å². The van der Waals surface area contributed by atoms with Gasteiger partial charge in [-0.2, -0.15) is 0 Å². The van der Waals surface area contributed by atoms with Crippen molar-refractivity contribution >= 4 is 5.91 Å². The average molecular weight is 290 g/mol. The van der Waals surface area contributed by atoms with Crippen molar-refractivity contribution in [2.75, 3.05) is 39.4 Å². The number of hydrogen-bond acceptors (Lipinski definition) is 4. The predicted octanol–water partition coefficient (Wildman–Crippen LogP) is 0.868. The van der Waals surface area contributed by atoms with Crippen LogP contribution in [0.15, 0.2) is 24.3 Å². The molecule has 0 spiro atoms. The number of phenols is 1. The number of carbonyl (C=O) groups is 1. The highest BCUT2D eigenvalue weighted by molar-refractivity contribution is 5.79. The van der Waals surface area contributed by atoms with Crippen LogP contribution < -0.4 is 0 Å². The van der Waals surface area contributed by atoms with E-state index in [1.165, 1.54) is 0 Å². The van der Waals surface area contributed by atoms with Gasteiger partial charge < -0.3 is 14.7 Å². The van der Waals surface area contributed by atoms with Crippen LogP contribution in [0.1, 0.15) is 12.0 Å². The number of aromatic hydroxyl groups is 1. The van der Waals surface area contributed by atoms with Crippen molar-refractivity contribution < 1.29 is 14.6 Å². The third-order valence-corrected chi connectivity index (χ3v) is 4.34. The van der Waals surface area contributed by atoms with Gasteiger partial charge in [-0.25, -0.2) is 0 Å². The molecule has 1 aromatic carbocycles. The van der Waals surface area contributed by atoms with Gasteiger partial charge in [0.15, 0.2) is 0 Å². The van der Waals surface area contributed by atoms with Gasteiger partial charge in [0.1, 0.15) is 5.75 Å². The summed E-state index contributed by atoms with van der Waals surface area (Å²) < 4.78 is 5.38. The first kappa shape index (κ1) is 14.4. The van der Waals surface area contributed by atoms with Gasteiger partial charge in [-0.15, -0.1) is 0 Å². The highest BCUT2D eigenvalue weighted by atomic mass is 16.5. The second kappa shape index (κ2) is 6.45. The Balaban J connectivity index is 1.54. The molecule has 2 fully saturated rings. The molecule has 0 radical (unpaired) electrons. The van der Waals surface area contributed by atoms with Crippen molar-refractivity contribution in [1.29, 1.82) is 0 Å². The molecule has 1 aromatic rings. The summed E-state index contributed by atoms with van der Waals surface area (Å²) in [4.78, 5) is 16.7. The summed E-state index contributed by atoms with van der Waals surface area (Å²) >= 11 is 0. The third kappa shape index (κ3) is 3.54. The average Bonchev–Trinajstić information content (AvgIpc) is 2.98. The van der Waals surface area contributed by atoms with E-state index in [9.17, 15) is 9.90 Å². The minimum absolute atomic E-state index is 0.149. The van der Waals surface area contributed by atoms with E-state index in [2.05, 4.69) is 4.90 Å². The number of amides is 1. The molecule has 1 atom stereocenters. The maximum atomic E-state index is 12.4. The van der Waals surface area contributed by atoms with Crippen LogP contribution >= 0.6 is 0 Å². The Hall–Kier alpha value is -1.59. The van der Waals surface area contributed by atoms with E-state index in [0.717, 1.165) is 51.4 Å². The van der Waals surface area contributed by atoms with Crippen LogP contribution in [0.4, 0.5) is 0 Å². The largest absolute Gasteiger partial charge is 0.508 e. The summed E-state index contributed by atoms with van der Waals surface area (Å²) in [6, 6.07) is 7.42. The van der Waals surface area contributed by atoms with Gasteiger partial charge in [0.2, 0.25) is 5.91 Å². The Bertz CT molecular complexity index is 500. The van der Waals surface area contributed by atoms with Crippen LogP contribution in [0.5, 0.6) is 5.75 Å². The highest BCUT2D eigenvalue weighted by Crippen LogP contribution is 2.19. The number of carbonyl (C=O) groups excluding carboxylic acids is 1. The standard InChI is InChI=1S/C16H22N2O3/c19-15-3-1-2-13(10-15)11-16(20)18-5-4-14(12-18)17-6-8-21-9-7-17/h1-3,10,14,19H,4-9,11-12H2. The molecule has 2 heterocycles. The molecule has 1 amide bonds. The molecule has 0 aliphatic carbocycles. The fourth-order valence-corrected chi connectivity index (χ4v) is 3.16. The monoisotopic (exact) mass is 290 g/mol. The smallest absolute Gasteiger partial charge is 0.227 e. The van der Waals surface area contributed by atoms with E-state index in [0.29, 0.717) is 12.5 Å². The molecule has 114 valence electrons. The molecule has 3 rings (SSSR count). The molecule has 2 aliphatic heterocycles. The number of rotatable bonds is 3. The predicted molar refractivity (Wildman–Crippen MR) is 79.2 cm³/mol. The Morgan fingerprint density at radius 1 is 1.29 bits per heavy atom. The Kier molecular flexibility index (Phi) is 4.41. The molecule has 0 aromatic heterocycles. The molecule has 5 nitrogen and oxygen atoms in total. The number of benzene rings is 1. The highest BCUT2D eigenvalue weighted by Gasteiger charge is 2.30. The lowest BCUT2D eigenvalue weighted by molar-refractivity contribution is -0.129. The molecule has 21 heavy (non-hydrogen) atoms. The summed E-state index contributed by atoms with van der Waals surface area (Å²) in [6.07, 6.45) is 1.41. The number of nitrogens with zero attached hydrogens (tertiary/aromatic N) is 2. The van der Waals surface area contributed by atoms with E-state index < -0.39 is 0 Å². The van der Waals surface area contributed by atoms with Gasteiger partial charge >= 0.3 is 0 Å². The van der Waals surface area contributed by atoms with Gasteiger partial charge in [0.25, 0.3) is 0 Å². The SMILES string of the molecule is O=C(Cc1cccc(O)c1)N1CCC(N2CCOCC2)C1. The lowest BCUT2D eigenvalue weighted by atomic mass is 10.1. The Morgan fingerprint density at radius 2 is 2.10 bits per heavy atom. The number of likely N-dealkylation sites (tertiary alicyclic amines) is 1. The van der Waals surface area contributed by atoms with Crippen molar-refractivity contribution in [3.05, 3.63) is 29.8 Å². The maximum Gasteiger partial charge on any atom is 0.227 e. The van der Waals surface area contributed by atoms with Crippen LogP contribution in [-0.4, -0.2) is 66.2 Å². The van der Waals surface area contributed by atoms with Crippen LogP contribution in [-0.2, 0) is 16.0 Å². The zero-order valence-electron chi connectivity index (χ0n) is 12.2. The van der Waals surface area contributed by atoms with E-state index in [4.69, 9.17) is 4.74 Å². The molecular formula is C16H22N2O3. The van der Waals surface area contributed by atoms with Gasteiger partial charge in [0.05, 0.1) is 19.6 Å².